The Kier molecular flexibility index (Phi) is 3.44. The first-order valence-corrected chi connectivity index (χ1v) is 5.69. The highest BCUT2D eigenvalue weighted by molar-refractivity contribution is 6.12. The summed E-state index contributed by atoms with van der Waals surface area (Å²) >= 11 is 0. The van der Waals surface area contributed by atoms with Gasteiger partial charge in [0, 0.05) is 30.4 Å². The Bertz CT molecular complexity index is 466. The molecule has 0 amide bonds. The van der Waals surface area contributed by atoms with Crippen molar-refractivity contribution in [3.8, 4) is 0 Å². The summed E-state index contributed by atoms with van der Waals surface area (Å²) < 4.78 is 5.28. The van der Waals surface area contributed by atoms with Gasteiger partial charge in [0.05, 0.1) is 18.8 Å². The van der Waals surface area contributed by atoms with Gasteiger partial charge in [-0.3, -0.25) is 5.41 Å². The number of ether oxygens (including phenoxy) is 1. The number of nitrogen functional groups attached to an aromatic ring is 1. The molecule has 1 heterocycles. The highest BCUT2D eigenvalue weighted by atomic mass is 16.5. The van der Waals surface area contributed by atoms with Gasteiger partial charge < -0.3 is 15.8 Å². The molecule has 1 aliphatic heterocycles. The maximum absolute atomic E-state index is 6.21. The minimum atomic E-state index is 0.632. The summed E-state index contributed by atoms with van der Waals surface area (Å²) in [5.74, 6) is 0. The lowest BCUT2D eigenvalue weighted by molar-refractivity contribution is -0.112. The maximum Gasteiger partial charge on any atom is 0.209 e. The van der Waals surface area contributed by atoms with Crippen LogP contribution in [0.15, 0.2) is 29.8 Å². The summed E-state index contributed by atoms with van der Waals surface area (Å²) in [6.45, 7) is 1.36. The molecule has 1 aromatic rings. The van der Waals surface area contributed by atoms with E-state index < -0.39 is 0 Å². The fourth-order valence-electron chi connectivity index (χ4n) is 1.95. The first-order chi connectivity index (χ1) is 8.22. The molecule has 0 spiro atoms. The molecule has 1 aromatic carbocycles. The highest BCUT2D eigenvalue weighted by Crippen LogP contribution is 2.22. The van der Waals surface area contributed by atoms with Crippen molar-refractivity contribution in [1.29, 1.82) is 0 Å². The first-order valence-electron chi connectivity index (χ1n) is 5.69. The number of benzene rings is 1. The van der Waals surface area contributed by atoms with Gasteiger partial charge in [-0.15, -0.1) is 0 Å². The van der Waals surface area contributed by atoms with Gasteiger partial charge in [-0.05, 0) is 24.3 Å². The standard InChI is InChI=1S/C13H17N3O/c1-16-12-3-2-10(14)8-11(12)13(15)9-4-6-17-7-5-9/h2-4,8,15-16H,5-7,14H2,1H3/p+1. The van der Waals surface area contributed by atoms with Gasteiger partial charge >= 0.3 is 0 Å². The van der Waals surface area contributed by atoms with Crippen molar-refractivity contribution < 1.29 is 10.1 Å². The fourth-order valence-corrected chi connectivity index (χ4v) is 1.95. The summed E-state index contributed by atoms with van der Waals surface area (Å²) in [5, 5.41) is 9.34. The summed E-state index contributed by atoms with van der Waals surface area (Å²) in [4.78, 5) is 0. The zero-order valence-corrected chi connectivity index (χ0v) is 9.99. The van der Waals surface area contributed by atoms with Gasteiger partial charge in [-0.2, -0.15) is 0 Å². The van der Waals surface area contributed by atoms with Crippen LogP contribution in [0, 0.1) is 0 Å². The second-order valence-electron chi connectivity index (χ2n) is 4.02. The van der Waals surface area contributed by atoms with Crippen LogP contribution in [-0.2, 0) is 4.74 Å². The Hall–Kier alpha value is -1.81. The largest absolute Gasteiger partial charge is 0.399 e. The van der Waals surface area contributed by atoms with Gasteiger partial charge in [0.15, 0.2) is 0 Å². The number of hydrogen-bond acceptors (Lipinski definition) is 3. The molecular formula is C13H18N3O+. The normalized spacial score (nSPS) is 15.2. The van der Waals surface area contributed by atoms with E-state index in [2.05, 4.69) is 5.32 Å². The van der Waals surface area contributed by atoms with Crippen molar-refractivity contribution in [1.82, 2.24) is 0 Å². The summed E-state index contributed by atoms with van der Waals surface area (Å²) in [6.07, 6.45) is 2.88. The molecule has 0 aliphatic carbocycles. The molecule has 17 heavy (non-hydrogen) atoms. The summed E-state index contributed by atoms with van der Waals surface area (Å²) in [6, 6.07) is 5.70. The molecule has 0 fully saturated rings. The minimum absolute atomic E-state index is 0.632. The van der Waals surface area contributed by atoms with E-state index in [9.17, 15) is 0 Å². The van der Waals surface area contributed by atoms with Gasteiger partial charge in [0.25, 0.3) is 0 Å². The van der Waals surface area contributed by atoms with Crippen LogP contribution in [-0.4, -0.2) is 26.0 Å². The SMILES string of the molecule is CNc1ccc(N)cc1C(=[NH2+])C1=CCOCC1. The molecule has 90 valence electrons. The molecule has 0 bridgehead atoms. The van der Waals surface area contributed by atoms with E-state index >= 15 is 0 Å². The lowest BCUT2D eigenvalue weighted by Gasteiger charge is -2.14. The predicted molar refractivity (Wildman–Crippen MR) is 70.0 cm³/mol. The van der Waals surface area contributed by atoms with Crippen molar-refractivity contribution in [2.24, 2.45) is 0 Å². The molecule has 0 unspecified atom stereocenters. The van der Waals surface area contributed by atoms with Crippen LogP contribution in [0.1, 0.15) is 12.0 Å². The fraction of sp³-hybridized carbons (Fsp3) is 0.308. The molecule has 4 heteroatoms. The van der Waals surface area contributed by atoms with Crippen LogP contribution in [0.4, 0.5) is 11.4 Å². The van der Waals surface area contributed by atoms with Crippen molar-refractivity contribution in [3.05, 3.63) is 35.4 Å². The molecule has 0 saturated heterocycles. The molecule has 4 nitrogen and oxygen atoms in total. The van der Waals surface area contributed by atoms with Crippen LogP contribution in [0.2, 0.25) is 0 Å². The van der Waals surface area contributed by atoms with Crippen LogP contribution in [0.25, 0.3) is 0 Å². The average Bonchev–Trinajstić information content (AvgIpc) is 2.39. The van der Waals surface area contributed by atoms with E-state index in [0.717, 1.165) is 41.3 Å². The van der Waals surface area contributed by atoms with Crippen LogP contribution in [0.3, 0.4) is 0 Å². The number of anilines is 2. The third-order valence-corrected chi connectivity index (χ3v) is 2.91. The van der Waals surface area contributed by atoms with Gasteiger partial charge in [0.2, 0.25) is 5.71 Å². The smallest absolute Gasteiger partial charge is 0.209 e. The molecular weight excluding hydrogens is 214 g/mol. The second kappa shape index (κ2) is 5.01. The lowest BCUT2D eigenvalue weighted by atomic mass is 9.97. The quantitative estimate of drug-likeness (QED) is 0.515. The second-order valence-corrected chi connectivity index (χ2v) is 4.02. The Labute approximate surface area is 101 Å². The van der Waals surface area contributed by atoms with Crippen molar-refractivity contribution in [2.75, 3.05) is 31.3 Å². The maximum atomic E-state index is 6.21. The topological polar surface area (TPSA) is 72.9 Å². The Morgan fingerprint density at radius 2 is 2.29 bits per heavy atom. The van der Waals surface area contributed by atoms with Gasteiger partial charge in [-0.25, -0.2) is 0 Å². The van der Waals surface area contributed by atoms with Crippen LogP contribution in [0.5, 0.6) is 0 Å². The van der Waals surface area contributed by atoms with Crippen molar-refractivity contribution in [2.45, 2.75) is 6.42 Å². The molecule has 0 radical (unpaired) electrons. The number of nitrogens with one attached hydrogen (secondary N) is 1. The number of rotatable bonds is 3. The summed E-state index contributed by atoms with van der Waals surface area (Å²) in [7, 11) is 1.88. The van der Waals surface area contributed by atoms with Gasteiger partial charge in [-0.1, -0.05) is 0 Å². The Morgan fingerprint density at radius 1 is 1.47 bits per heavy atom. The molecule has 1 aliphatic rings. The zero-order valence-electron chi connectivity index (χ0n) is 9.99. The highest BCUT2D eigenvalue weighted by Gasteiger charge is 2.19. The molecule has 0 saturated carbocycles. The molecule has 5 N–H and O–H groups in total. The van der Waals surface area contributed by atoms with Gasteiger partial charge in [0.1, 0.15) is 0 Å². The number of nitrogens with two attached hydrogens (primary N) is 2. The third kappa shape index (κ3) is 2.47. The van der Waals surface area contributed by atoms with E-state index in [-0.39, 0.29) is 0 Å². The zero-order chi connectivity index (χ0) is 12.3. The average molecular weight is 232 g/mol. The monoisotopic (exact) mass is 232 g/mol. The predicted octanol–water partition coefficient (Wildman–Crippen LogP) is 0.205. The van der Waals surface area contributed by atoms with Crippen molar-refractivity contribution in [3.63, 3.8) is 0 Å². The van der Waals surface area contributed by atoms with Crippen LogP contribution < -0.4 is 16.5 Å². The Morgan fingerprint density at radius 3 is 2.94 bits per heavy atom. The van der Waals surface area contributed by atoms with E-state index in [1.807, 2.05) is 31.3 Å². The van der Waals surface area contributed by atoms with E-state index in [1.165, 1.54) is 0 Å². The number of hydrogen-bond donors (Lipinski definition) is 3. The van der Waals surface area contributed by atoms with E-state index in [1.54, 1.807) is 0 Å². The van der Waals surface area contributed by atoms with E-state index in [4.69, 9.17) is 15.9 Å². The van der Waals surface area contributed by atoms with E-state index in [0.29, 0.717) is 6.61 Å². The van der Waals surface area contributed by atoms with Crippen molar-refractivity contribution >= 4 is 17.1 Å². The molecule has 0 atom stereocenters. The first kappa shape index (κ1) is 11.7. The lowest BCUT2D eigenvalue weighted by Crippen LogP contribution is -2.42. The molecule has 2 rings (SSSR count). The third-order valence-electron chi connectivity index (χ3n) is 2.91. The Balaban J connectivity index is 2.35. The molecule has 0 aromatic heterocycles. The minimum Gasteiger partial charge on any atom is -0.399 e. The summed E-state index contributed by atoms with van der Waals surface area (Å²) in [5.41, 5.74) is 10.4. The van der Waals surface area contributed by atoms with Crippen LogP contribution >= 0.6 is 0 Å².